The Morgan fingerprint density at radius 1 is 0.633 bits per heavy atom. The SMILES string of the molecule is CCC1(C)c2cc(C(C)(C)C)ccc2C2C=C(n3c4ccc(-c5ccccc5)cc4c4cc(-c5ccccc5)ccc43)C=CN2C1(C)CC. The van der Waals surface area contributed by atoms with Gasteiger partial charge in [-0.1, -0.05) is 133 Å². The maximum absolute atomic E-state index is 2.67. The second-order valence-electron chi connectivity index (χ2n) is 15.7. The van der Waals surface area contributed by atoms with Crippen LogP contribution in [0.5, 0.6) is 0 Å². The van der Waals surface area contributed by atoms with Crippen LogP contribution < -0.4 is 0 Å². The smallest absolute Gasteiger partial charge is 0.0753 e. The van der Waals surface area contributed by atoms with E-state index >= 15 is 0 Å². The van der Waals surface area contributed by atoms with Gasteiger partial charge in [0, 0.05) is 33.6 Å². The number of rotatable bonds is 5. The maximum Gasteiger partial charge on any atom is 0.0753 e. The van der Waals surface area contributed by atoms with Crippen molar-refractivity contribution in [3.05, 3.63) is 150 Å². The molecule has 0 aliphatic carbocycles. The Morgan fingerprint density at radius 3 is 1.71 bits per heavy atom. The summed E-state index contributed by atoms with van der Waals surface area (Å²) in [5.74, 6) is 0. The van der Waals surface area contributed by atoms with Gasteiger partial charge in [-0.15, -0.1) is 0 Å². The fraction of sp³-hybridized carbons (Fsp3) is 0.277. The highest BCUT2D eigenvalue weighted by atomic mass is 15.2. The summed E-state index contributed by atoms with van der Waals surface area (Å²) in [4.78, 5) is 2.67. The van der Waals surface area contributed by atoms with Gasteiger partial charge in [0.1, 0.15) is 0 Å². The summed E-state index contributed by atoms with van der Waals surface area (Å²) in [5.41, 5.74) is 13.1. The normalized spacial score (nSPS) is 21.9. The van der Waals surface area contributed by atoms with Crippen molar-refractivity contribution in [2.45, 2.75) is 83.7 Å². The molecule has 246 valence electrons. The molecule has 0 radical (unpaired) electrons. The quantitative estimate of drug-likeness (QED) is 0.182. The highest BCUT2D eigenvalue weighted by Gasteiger charge is 2.54. The van der Waals surface area contributed by atoms with E-state index in [1.807, 2.05) is 0 Å². The van der Waals surface area contributed by atoms with E-state index in [1.165, 1.54) is 66.4 Å². The third kappa shape index (κ3) is 4.75. The van der Waals surface area contributed by atoms with Crippen LogP contribution in [0.3, 0.4) is 0 Å². The lowest BCUT2D eigenvalue weighted by molar-refractivity contribution is 0.0257. The van der Waals surface area contributed by atoms with Crippen LogP contribution in [0.2, 0.25) is 0 Å². The lowest BCUT2D eigenvalue weighted by Gasteiger charge is -2.60. The number of benzene rings is 5. The number of allylic oxidation sites excluding steroid dienone is 2. The first-order chi connectivity index (χ1) is 23.6. The molecule has 5 aromatic carbocycles. The molecule has 3 atom stereocenters. The molecule has 2 nitrogen and oxygen atoms in total. The van der Waals surface area contributed by atoms with Crippen LogP contribution in [0.25, 0.3) is 49.8 Å². The largest absolute Gasteiger partial charge is 0.361 e. The van der Waals surface area contributed by atoms with Gasteiger partial charge in [0.15, 0.2) is 0 Å². The van der Waals surface area contributed by atoms with Crippen molar-refractivity contribution in [1.29, 1.82) is 0 Å². The minimum absolute atomic E-state index is 0.0129. The van der Waals surface area contributed by atoms with E-state index in [0.29, 0.717) is 0 Å². The van der Waals surface area contributed by atoms with Gasteiger partial charge in [-0.3, -0.25) is 0 Å². The van der Waals surface area contributed by atoms with Crippen LogP contribution in [0.1, 0.15) is 84.0 Å². The van der Waals surface area contributed by atoms with E-state index in [1.54, 1.807) is 0 Å². The lowest BCUT2D eigenvalue weighted by Crippen LogP contribution is -2.61. The molecule has 1 aromatic heterocycles. The zero-order chi connectivity index (χ0) is 34.1. The van der Waals surface area contributed by atoms with E-state index in [-0.39, 0.29) is 22.4 Å². The first-order valence-corrected chi connectivity index (χ1v) is 18.1. The Balaban J connectivity index is 1.36. The van der Waals surface area contributed by atoms with Crippen LogP contribution in [0.4, 0.5) is 0 Å². The van der Waals surface area contributed by atoms with Crippen LogP contribution in [0, 0.1) is 0 Å². The van der Waals surface area contributed by atoms with E-state index < -0.39 is 0 Å². The van der Waals surface area contributed by atoms with Crippen molar-refractivity contribution in [3.63, 3.8) is 0 Å². The van der Waals surface area contributed by atoms with Crippen molar-refractivity contribution in [2.24, 2.45) is 0 Å². The number of aromatic nitrogens is 1. The molecule has 0 amide bonds. The first-order valence-electron chi connectivity index (χ1n) is 18.1. The van der Waals surface area contributed by atoms with E-state index in [2.05, 4.69) is 192 Å². The summed E-state index contributed by atoms with van der Waals surface area (Å²) in [6, 6.07) is 43.0. The Labute approximate surface area is 292 Å². The van der Waals surface area contributed by atoms with Crippen molar-refractivity contribution in [1.82, 2.24) is 9.47 Å². The van der Waals surface area contributed by atoms with E-state index in [0.717, 1.165) is 12.8 Å². The third-order valence-corrected chi connectivity index (χ3v) is 12.3. The predicted octanol–water partition coefficient (Wildman–Crippen LogP) is 12.7. The fourth-order valence-electron chi connectivity index (χ4n) is 8.81. The van der Waals surface area contributed by atoms with Crippen LogP contribution in [-0.4, -0.2) is 15.0 Å². The van der Waals surface area contributed by atoms with Crippen molar-refractivity contribution < 1.29 is 0 Å². The molecule has 6 aromatic rings. The van der Waals surface area contributed by atoms with Crippen molar-refractivity contribution >= 4 is 27.5 Å². The van der Waals surface area contributed by atoms with Gasteiger partial charge in [-0.2, -0.15) is 0 Å². The molecule has 0 N–H and O–H groups in total. The van der Waals surface area contributed by atoms with Crippen molar-refractivity contribution in [3.8, 4) is 22.3 Å². The lowest BCUT2D eigenvalue weighted by atomic mass is 9.58. The summed E-state index contributed by atoms with van der Waals surface area (Å²) in [6.45, 7) is 16.8. The highest BCUT2D eigenvalue weighted by molar-refractivity contribution is 6.12. The number of nitrogens with zero attached hydrogens (tertiary/aromatic N) is 2. The zero-order valence-electron chi connectivity index (χ0n) is 30.1. The molecule has 2 aliphatic heterocycles. The molecule has 2 heteroatoms. The Kier molecular flexibility index (Phi) is 7.30. The van der Waals surface area contributed by atoms with E-state index in [4.69, 9.17) is 0 Å². The summed E-state index contributed by atoms with van der Waals surface area (Å²) < 4.78 is 2.50. The third-order valence-electron chi connectivity index (χ3n) is 12.3. The topological polar surface area (TPSA) is 8.17 Å². The number of fused-ring (bicyclic) bond motifs is 6. The van der Waals surface area contributed by atoms with E-state index in [9.17, 15) is 0 Å². The van der Waals surface area contributed by atoms with Crippen LogP contribution in [0.15, 0.2) is 134 Å². The predicted molar refractivity (Wildman–Crippen MR) is 210 cm³/mol. The molecule has 0 spiro atoms. The second-order valence-corrected chi connectivity index (χ2v) is 15.7. The van der Waals surface area contributed by atoms with Gasteiger partial charge in [-0.25, -0.2) is 0 Å². The van der Waals surface area contributed by atoms with Gasteiger partial charge in [-0.05, 0) is 101 Å². The molecule has 0 saturated heterocycles. The maximum atomic E-state index is 2.67. The summed E-state index contributed by atoms with van der Waals surface area (Å²) >= 11 is 0. The zero-order valence-corrected chi connectivity index (χ0v) is 30.1. The molecule has 49 heavy (non-hydrogen) atoms. The molecular weight excluding hydrogens is 593 g/mol. The molecule has 2 aliphatic rings. The molecule has 3 unspecified atom stereocenters. The number of hydrogen-bond acceptors (Lipinski definition) is 1. The Bertz CT molecular complexity index is 2170. The average molecular weight is 641 g/mol. The van der Waals surface area contributed by atoms with Gasteiger partial charge >= 0.3 is 0 Å². The second kappa shape index (κ2) is 11.4. The first kappa shape index (κ1) is 31.4. The Hall–Kier alpha value is -4.82. The molecule has 0 bridgehead atoms. The molecular formula is C47H48N2. The summed E-state index contributed by atoms with van der Waals surface area (Å²) in [6.07, 6.45) is 9.47. The minimum Gasteiger partial charge on any atom is -0.361 e. The molecule has 3 heterocycles. The molecule has 8 rings (SSSR count). The van der Waals surface area contributed by atoms with Crippen molar-refractivity contribution in [2.75, 3.05) is 0 Å². The number of hydrogen-bond donors (Lipinski definition) is 0. The van der Waals surface area contributed by atoms with Gasteiger partial charge in [0.2, 0.25) is 0 Å². The molecule has 0 saturated carbocycles. The minimum atomic E-state index is -0.0373. The van der Waals surface area contributed by atoms with Gasteiger partial charge < -0.3 is 9.47 Å². The fourth-order valence-corrected chi connectivity index (χ4v) is 8.81. The van der Waals surface area contributed by atoms with Crippen LogP contribution in [-0.2, 0) is 10.8 Å². The monoisotopic (exact) mass is 640 g/mol. The summed E-state index contributed by atoms with van der Waals surface area (Å²) in [7, 11) is 0. The molecule has 0 fully saturated rings. The average Bonchev–Trinajstić information content (AvgIpc) is 3.46. The summed E-state index contributed by atoms with van der Waals surface area (Å²) in [5, 5.41) is 2.56. The van der Waals surface area contributed by atoms with Crippen LogP contribution >= 0.6 is 0 Å². The standard InChI is InChI=1S/C47H48N2/c1-8-46(6)41-30-36(45(3,4)5)22-23-38(41)44-31-37(26-27-48(44)47(46,7)9-2)49-42-24-20-34(32-16-12-10-13-17-32)28-39(42)40-29-35(21-25-43(40)49)33-18-14-11-15-19-33/h10-31,44H,8-9H2,1-7H3. The Morgan fingerprint density at radius 2 is 1.20 bits per heavy atom. The van der Waals surface area contributed by atoms with Gasteiger partial charge in [0.25, 0.3) is 0 Å². The van der Waals surface area contributed by atoms with Gasteiger partial charge in [0.05, 0.1) is 17.1 Å². The highest BCUT2D eigenvalue weighted by Crippen LogP contribution is 2.56.